The quantitative estimate of drug-likeness (QED) is 0.794. The van der Waals surface area contributed by atoms with Crippen LogP contribution in [0, 0.1) is 6.92 Å². The SMILES string of the molecule is Cc1cnc(C(=O)Nc2nc(-c3ccc4c(c3)CCO4)cs2)cn1. The number of fused-ring (bicyclic) bond motifs is 1. The molecule has 0 saturated heterocycles. The molecule has 0 saturated carbocycles. The lowest BCUT2D eigenvalue weighted by Crippen LogP contribution is -2.13. The third kappa shape index (κ3) is 2.85. The maximum Gasteiger partial charge on any atom is 0.277 e. The summed E-state index contributed by atoms with van der Waals surface area (Å²) in [6.45, 7) is 2.55. The summed E-state index contributed by atoms with van der Waals surface area (Å²) in [5.74, 6) is 0.631. The van der Waals surface area contributed by atoms with Gasteiger partial charge >= 0.3 is 0 Å². The minimum atomic E-state index is -0.314. The fourth-order valence-corrected chi connectivity index (χ4v) is 3.20. The molecule has 1 N–H and O–H groups in total. The van der Waals surface area contributed by atoms with Crippen molar-refractivity contribution in [1.29, 1.82) is 0 Å². The molecule has 1 aromatic carbocycles. The second-order valence-electron chi connectivity index (χ2n) is 5.46. The van der Waals surface area contributed by atoms with E-state index >= 15 is 0 Å². The summed E-state index contributed by atoms with van der Waals surface area (Å²) in [5, 5.41) is 5.22. The van der Waals surface area contributed by atoms with Gasteiger partial charge in [0.1, 0.15) is 11.4 Å². The molecule has 0 radical (unpaired) electrons. The van der Waals surface area contributed by atoms with E-state index in [1.54, 1.807) is 6.20 Å². The molecule has 0 aliphatic carbocycles. The monoisotopic (exact) mass is 338 g/mol. The number of hydrogen-bond acceptors (Lipinski definition) is 6. The Kier molecular flexibility index (Phi) is 3.70. The van der Waals surface area contributed by atoms with Gasteiger partial charge in [-0.15, -0.1) is 11.3 Å². The Bertz CT molecular complexity index is 905. The molecule has 0 unspecified atom stereocenters. The molecule has 1 aliphatic heterocycles. The van der Waals surface area contributed by atoms with Crippen LogP contribution in [0.25, 0.3) is 11.3 Å². The molecule has 3 heterocycles. The molecule has 6 nitrogen and oxygen atoms in total. The van der Waals surface area contributed by atoms with Crippen molar-refractivity contribution < 1.29 is 9.53 Å². The van der Waals surface area contributed by atoms with Crippen molar-refractivity contribution in [2.24, 2.45) is 0 Å². The van der Waals surface area contributed by atoms with Gasteiger partial charge in [-0.2, -0.15) is 0 Å². The van der Waals surface area contributed by atoms with Crippen molar-refractivity contribution >= 4 is 22.4 Å². The second kappa shape index (κ2) is 6.01. The first kappa shape index (κ1) is 14.8. The maximum atomic E-state index is 12.2. The molecule has 24 heavy (non-hydrogen) atoms. The smallest absolute Gasteiger partial charge is 0.277 e. The van der Waals surface area contributed by atoms with Crippen molar-refractivity contribution in [3.8, 4) is 17.0 Å². The molecule has 3 aromatic rings. The van der Waals surface area contributed by atoms with E-state index in [1.165, 1.54) is 23.1 Å². The molecule has 2 aromatic heterocycles. The third-order valence-electron chi connectivity index (χ3n) is 3.72. The Labute approximate surface area is 142 Å². The van der Waals surface area contributed by atoms with Gasteiger partial charge in [0.25, 0.3) is 5.91 Å². The third-order valence-corrected chi connectivity index (χ3v) is 4.48. The number of aromatic nitrogens is 3. The van der Waals surface area contributed by atoms with Gasteiger partial charge in [-0.1, -0.05) is 0 Å². The van der Waals surface area contributed by atoms with Crippen LogP contribution in [0.1, 0.15) is 21.7 Å². The summed E-state index contributed by atoms with van der Waals surface area (Å²) >= 11 is 1.38. The highest BCUT2D eigenvalue weighted by molar-refractivity contribution is 7.14. The Morgan fingerprint density at radius 2 is 2.21 bits per heavy atom. The molecule has 0 fully saturated rings. The van der Waals surface area contributed by atoms with Crippen LogP contribution in [0.5, 0.6) is 5.75 Å². The number of amides is 1. The second-order valence-corrected chi connectivity index (χ2v) is 6.31. The average Bonchev–Trinajstić information content (AvgIpc) is 3.23. The normalized spacial score (nSPS) is 12.5. The molecule has 0 atom stereocenters. The Morgan fingerprint density at radius 3 is 3.04 bits per heavy atom. The van der Waals surface area contributed by atoms with E-state index in [2.05, 4.69) is 26.3 Å². The summed E-state index contributed by atoms with van der Waals surface area (Å²) in [4.78, 5) is 24.8. The van der Waals surface area contributed by atoms with Gasteiger partial charge in [0.15, 0.2) is 5.13 Å². The number of nitrogens with zero attached hydrogens (tertiary/aromatic N) is 3. The molecule has 0 spiro atoms. The van der Waals surface area contributed by atoms with Crippen LogP contribution >= 0.6 is 11.3 Å². The number of hydrogen-bond donors (Lipinski definition) is 1. The Morgan fingerprint density at radius 1 is 1.29 bits per heavy atom. The van der Waals surface area contributed by atoms with Crippen molar-refractivity contribution in [2.75, 3.05) is 11.9 Å². The van der Waals surface area contributed by atoms with Gasteiger partial charge in [-0.3, -0.25) is 15.1 Å². The molecular weight excluding hydrogens is 324 g/mol. The van der Waals surface area contributed by atoms with Crippen LogP contribution in [-0.2, 0) is 6.42 Å². The topological polar surface area (TPSA) is 77.0 Å². The number of carbonyl (C=O) groups excluding carboxylic acids is 1. The van der Waals surface area contributed by atoms with E-state index in [9.17, 15) is 4.79 Å². The van der Waals surface area contributed by atoms with Gasteiger partial charge in [-0.25, -0.2) is 9.97 Å². The fourth-order valence-electron chi connectivity index (χ4n) is 2.48. The van der Waals surface area contributed by atoms with Gasteiger partial charge in [-0.05, 0) is 30.7 Å². The van der Waals surface area contributed by atoms with E-state index in [-0.39, 0.29) is 11.6 Å². The average molecular weight is 338 g/mol. The molecule has 120 valence electrons. The summed E-state index contributed by atoms with van der Waals surface area (Å²) in [7, 11) is 0. The maximum absolute atomic E-state index is 12.2. The number of aryl methyl sites for hydroxylation is 1. The van der Waals surface area contributed by atoms with Gasteiger partial charge in [0, 0.05) is 23.6 Å². The van der Waals surface area contributed by atoms with Crippen molar-refractivity contribution in [3.63, 3.8) is 0 Å². The number of thiazole rings is 1. The zero-order valence-electron chi connectivity index (χ0n) is 12.9. The highest BCUT2D eigenvalue weighted by atomic mass is 32.1. The zero-order valence-corrected chi connectivity index (χ0v) is 13.8. The summed E-state index contributed by atoms with van der Waals surface area (Å²) in [6, 6.07) is 6.04. The van der Waals surface area contributed by atoms with Crippen LogP contribution in [-0.4, -0.2) is 27.5 Å². The minimum Gasteiger partial charge on any atom is -0.493 e. The van der Waals surface area contributed by atoms with E-state index in [0.717, 1.165) is 35.7 Å². The zero-order chi connectivity index (χ0) is 16.5. The highest BCUT2D eigenvalue weighted by Gasteiger charge is 2.15. The van der Waals surface area contributed by atoms with E-state index in [0.29, 0.717) is 5.13 Å². The predicted molar refractivity (Wildman–Crippen MR) is 91.5 cm³/mol. The predicted octanol–water partition coefficient (Wildman–Crippen LogP) is 3.10. The fraction of sp³-hybridized carbons (Fsp3) is 0.176. The minimum absolute atomic E-state index is 0.270. The molecule has 0 bridgehead atoms. The van der Waals surface area contributed by atoms with Crippen LogP contribution in [0.3, 0.4) is 0 Å². The number of carbonyl (C=O) groups is 1. The Hall–Kier alpha value is -2.80. The van der Waals surface area contributed by atoms with Gasteiger partial charge < -0.3 is 4.74 Å². The van der Waals surface area contributed by atoms with Crippen LogP contribution in [0.4, 0.5) is 5.13 Å². The van der Waals surface area contributed by atoms with E-state index < -0.39 is 0 Å². The largest absolute Gasteiger partial charge is 0.493 e. The first-order valence-electron chi connectivity index (χ1n) is 7.51. The number of nitrogens with one attached hydrogen (secondary N) is 1. The molecular formula is C17H14N4O2S. The standard InChI is InChI=1S/C17H14N4O2S/c1-10-7-19-13(8-18-10)16(22)21-17-20-14(9-24-17)11-2-3-15-12(6-11)4-5-23-15/h2-3,6-9H,4-5H2,1H3,(H,20,21,22). The van der Waals surface area contributed by atoms with Crippen LogP contribution in [0.2, 0.25) is 0 Å². The van der Waals surface area contributed by atoms with Crippen LogP contribution < -0.4 is 10.1 Å². The number of benzene rings is 1. The van der Waals surface area contributed by atoms with E-state index in [1.807, 2.05) is 24.4 Å². The lowest BCUT2D eigenvalue weighted by molar-refractivity contribution is 0.102. The van der Waals surface area contributed by atoms with Crippen molar-refractivity contribution in [2.45, 2.75) is 13.3 Å². The van der Waals surface area contributed by atoms with Crippen LogP contribution in [0.15, 0.2) is 36.0 Å². The van der Waals surface area contributed by atoms with Gasteiger partial charge in [0.2, 0.25) is 0 Å². The first-order chi connectivity index (χ1) is 11.7. The molecule has 1 aliphatic rings. The van der Waals surface area contributed by atoms with Crippen molar-refractivity contribution in [1.82, 2.24) is 15.0 Å². The lowest BCUT2D eigenvalue weighted by Gasteiger charge is -2.02. The molecule has 4 rings (SSSR count). The number of rotatable bonds is 3. The Balaban J connectivity index is 1.52. The lowest BCUT2D eigenvalue weighted by atomic mass is 10.1. The number of ether oxygens (including phenoxy) is 1. The summed E-state index contributed by atoms with van der Waals surface area (Å²) in [6.07, 6.45) is 3.94. The highest BCUT2D eigenvalue weighted by Crippen LogP contribution is 2.31. The van der Waals surface area contributed by atoms with Gasteiger partial charge in [0.05, 0.1) is 24.2 Å². The number of anilines is 1. The first-order valence-corrected chi connectivity index (χ1v) is 8.38. The molecule has 1 amide bonds. The van der Waals surface area contributed by atoms with Crippen molar-refractivity contribution in [3.05, 3.63) is 52.9 Å². The summed E-state index contributed by atoms with van der Waals surface area (Å²) < 4.78 is 5.52. The van der Waals surface area contributed by atoms with E-state index in [4.69, 9.17) is 4.74 Å². The molecule has 7 heteroatoms. The summed E-state index contributed by atoms with van der Waals surface area (Å²) in [5.41, 5.74) is 4.09.